The second kappa shape index (κ2) is 14.1. The topological polar surface area (TPSA) is 144 Å². The number of aryl methyl sites for hydroxylation is 1. The van der Waals surface area contributed by atoms with Crippen molar-refractivity contribution in [2.24, 2.45) is 0 Å². The average Bonchev–Trinajstić information content (AvgIpc) is 3.33. The summed E-state index contributed by atoms with van der Waals surface area (Å²) >= 11 is 0. The summed E-state index contributed by atoms with van der Waals surface area (Å²) in [7, 11) is 1.38. The van der Waals surface area contributed by atoms with Gasteiger partial charge in [-0.3, -0.25) is 28.9 Å². The van der Waals surface area contributed by atoms with E-state index >= 15 is 0 Å². The van der Waals surface area contributed by atoms with E-state index < -0.39 is 54.5 Å². The molecule has 0 aliphatic carbocycles. The number of carbonyl (C=O) groups excluding carboxylic acids is 5. The van der Waals surface area contributed by atoms with Crippen LogP contribution in [0.3, 0.4) is 0 Å². The number of ether oxygens (including phenoxy) is 3. The van der Waals surface area contributed by atoms with Gasteiger partial charge in [0, 0.05) is 12.7 Å². The number of nitrogens with one attached hydrogen (secondary N) is 2. The summed E-state index contributed by atoms with van der Waals surface area (Å²) in [6.07, 6.45) is -1.12. The van der Waals surface area contributed by atoms with Gasteiger partial charge in [-0.05, 0) is 36.8 Å². The van der Waals surface area contributed by atoms with E-state index in [4.69, 9.17) is 14.2 Å². The number of fused-ring (bicyclic) bond motifs is 1. The molecule has 2 aliphatic rings. The van der Waals surface area contributed by atoms with Crippen molar-refractivity contribution in [2.45, 2.75) is 38.3 Å². The molecule has 0 bridgehead atoms. The monoisotopic (exact) mass is 614 g/mol. The number of hydrogen-bond donors (Lipinski definition) is 2. The van der Waals surface area contributed by atoms with Crippen LogP contribution in [-0.4, -0.2) is 74.8 Å². The molecule has 3 aromatic carbocycles. The Morgan fingerprint density at radius 3 is 2.40 bits per heavy atom. The number of cyclic esters (lactones) is 1. The minimum Gasteiger partial charge on any atom is -0.433 e. The quantitative estimate of drug-likeness (QED) is 0.331. The minimum atomic E-state index is -1.20. The van der Waals surface area contributed by atoms with Crippen molar-refractivity contribution in [3.63, 3.8) is 0 Å². The van der Waals surface area contributed by atoms with E-state index in [1.807, 2.05) is 43.3 Å². The molecule has 2 aliphatic heterocycles. The predicted octanol–water partition coefficient (Wildman–Crippen LogP) is 2.09. The van der Waals surface area contributed by atoms with Gasteiger partial charge in [0.05, 0.1) is 30.9 Å². The number of methoxy groups -OCH3 is 1. The Morgan fingerprint density at radius 2 is 1.67 bits per heavy atom. The Bertz CT molecular complexity index is 1580. The van der Waals surface area contributed by atoms with Crippen molar-refractivity contribution >= 4 is 41.0 Å². The van der Waals surface area contributed by atoms with Gasteiger partial charge in [-0.15, -0.1) is 0 Å². The maximum absolute atomic E-state index is 14.1. The molecule has 3 atom stereocenters. The van der Waals surface area contributed by atoms with Crippen LogP contribution in [0, 0.1) is 6.92 Å². The fourth-order valence-electron chi connectivity index (χ4n) is 5.28. The van der Waals surface area contributed by atoms with Gasteiger partial charge in [0.1, 0.15) is 25.2 Å². The number of esters is 1. The minimum absolute atomic E-state index is 0.107. The first-order chi connectivity index (χ1) is 21.7. The summed E-state index contributed by atoms with van der Waals surface area (Å²) in [5, 5.41) is 5.52. The molecule has 0 saturated carbocycles. The first kappa shape index (κ1) is 31.4. The van der Waals surface area contributed by atoms with Crippen molar-refractivity contribution in [1.82, 2.24) is 10.6 Å². The summed E-state index contributed by atoms with van der Waals surface area (Å²) in [5.41, 5.74) is 2.74. The first-order valence-electron chi connectivity index (χ1n) is 14.4. The number of benzene rings is 3. The van der Waals surface area contributed by atoms with Crippen LogP contribution in [0.5, 0.6) is 0 Å². The summed E-state index contributed by atoms with van der Waals surface area (Å²) in [5.74, 6) is -2.65. The number of amides is 4. The zero-order chi connectivity index (χ0) is 31.9. The molecule has 4 amide bonds. The largest absolute Gasteiger partial charge is 0.433 e. The van der Waals surface area contributed by atoms with Gasteiger partial charge in [0.25, 0.3) is 17.7 Å². The third kappa shape index (κ3) is 7.54. The van der Waals surface area contributed by atoms with Crippen LogP contribution in [0.15, 0.2) is 78.9 Å². The maximum Gasteiger partial charge on any atom is 0.310 e. The van der Waals surface area contributed by atoms with Crippen molar-refractivity contribution in [3.8, 4) is 0 Å². The second-order valence-corrected chi connectivity index (χ2v) is 10.8. The molecule has 12 nitrogen and oxygen atoms in total. The Kier molecular flexibility index (Phi) is 9.86. The van der Waals surface area contributed by atoms with Crippen LogP contribution >= 0.6 is 0 Å². The van der Waals surface area contributed by atoms with E-state index in [0.29, 0.717) is 16.9 Å². The normalized spacial score (nSPS) is 19.4. The Balaban J connectivity index is 1.38. The maximum atomic E-state index is 14.1. The van der Waals surface area contributed by atoms with Crippen LogP contribution in [0.4, 0.5) is 11.4 Å². The van der Waals surface area contributed by atoms with Gasteiger partial charge >= 0.3 is 5.97 Å². The number of anilines is 2. The highest BCUT2D eigenvalue weighted by Crippen LogP contribution is 2.33. The molecular weight excluding hydrogens is 580 g/mol. The van der Waals surface area contributed by atoms with E-state index in [1.165, 1.54) is 16.9 Å². The lowest BCUT2D eigenvalue weighted by molar-refractivity contribution is -0.168. The van der Waals surface area contributed by atoms with Crippen molar-refractivity contribution in [2.75, 3.05) is 36.6 Å². The molecule has 1 fully saturated rings. The van der Waals surface area contributed by atoms with Crippen molar-refractivity contribution in [3.05, 3.63) is 95.6 Å². The summed E-state index contributed by atoms with van der Waals surface area (Å²) in [4.78, 5) is 68.7. The number of rotatable bonds is 10. The average molecular weight is 615 g/mol. The molecule has 2 heterocycles. The summed E-state index contributed by atoms with van der Waals surface area (Å²) in [6, 6.07) is 20.9. The molecule has 1 saturated heterocycles. The number of para-hydroxylation sites is 2. The molecule has 2 N–H and O–H groups in total. The van der Waals surface area contributed by atoms with E-state index in [1.54, 1.807) is 42.5 Å². The molecule has 12 heteroatoms. The fourth-order valence-corrected chi connectivity index (χ4v) is 5.28. The number of carbonyl (C=O) groups is 5. The van der Waals surface area contributed by atoms with Gasteiger partial charge < -0.3 is 29.7 Å². The van der Waals surface area contributed by atoms with Crippen LogP contribution in [0.1, 0.15) is 27.9 Å². The van der Waals surface area contributed by atoms with Gasteiger partial charge in [-0.2, -0.15) is 0 Å². The van der Waals surface area contributed by atoms with E-state index in [-0.39, 0.29) is 26.2 Å². The molecule has 234 valence electrons. The summed E-state index contributed by atoms with van der Waals surface area (Å²) in [6.45, 7) is 1.09. The van der Waals surface area contributed by atoms with Crippen LogP contribution < -0.4 is 20.4 Å². The predicted molar refractivity (Wildman–Crippen MR) is 163 cm³/mol. The molecule has 0 radical (unpaired) electrons. The van der Waals surface area contributed by atoms with Gasteiger partial charge in [0.15, 0.2) is 0 Å². The van der Waals surface area contributed by atoms with Crippen LogP contribution in [0.2, 0.25) is 0 Å². The van der Waals surface area contributed by atoms with Gasteiger partial charge in [-0.1, -0.05) is 60.2 Å². The zero-order valence-electron chi connectivity index (χ0n) is 24.9. The Hall–Kier alpha value is -5.07. The number of nitrogens with zero attached hydrogens (tertiary/aromatic N) is 2. The van der Waals surface area contributed by atoms with E-state index in [0.717, 1.165) is 11.1 Å². The SMILES string of the molecule is COCC(=O)N1C[C@H](NC(=O)c2cccc(C)c2)C(=O)N(CC(=O)N[C@H]2CC(=O)OC2OCc2ccccc2)c2ccccc21. The number of hydrogen-bond acceptors (Lipinski definition) is 8. The lowest BCUT2D eigenvalue weighted by atomic mass is 10.1. The third-order valence-electron chi connectivity index (χ3n) is 7.41. The third-order valence-corrected chi connectivity index (χ3v) is 7.41. The standard InChI is InChI=1S/C33H34N4O8/c1-21-9-8-12-23(15-21)31(41)35-25-17-36(29(39)20-43-2)26-13-6-7-14-27(26)37(32(25)42)18-28(38)34-24-16-30(40)45-33(24)44-19-22-10-4-3-5-11-22/h3-15,24-25,33H,16-20H2,1-2H3,(H,34,38)(H,35,41)/t24-,25-,33?/m0/s1. The Morgan fingerprint density at radius 1 is 0.933 bits per heavy atom. The summed E-state index contributed by atoms with van der Waals surface area (Å²) < 4.78 is 16.2. The molecule has 0 aromatic heterocycles. The highest BCUT2D eigenvalue weighted by atomic mass is 16.7. The molecule has 1 unspecified atom stereocenters. The highest BCUT2D eigenvalue weighted by molar-refractivity contribution is 6.11. The highest BCUT2D eigenvalue weighted by Gasteiger charge is 2.40. The van der Waals surface area contributed by atoms with E-state index in [2.05, 4.69) is 10.6 Å². The van der Waals surface area contributed by atoms with Crippen LogP contribution in [0.25, 0.3) is 0 Å². The van der Waals surface area contributed by atoms with Gasteiger partial charge in [0.2, 0.25) is 12.2 Å². The lowest BCUT2D eigenvalue weighted by Gasteiger charge is -2.26. The molecule has 3 aromatic rings. The zero-order valence-corrected chi connectivity index (χ0v) is 24.9. The fraction of sp³-hybridized carbons (Fsp3) is 0.303. The molecule has 0 spiro atoms. The van der Waals surface area contributed by atoms with E-state index in [9.17, 15) is 24.0 Å². The Labute approximate surface area is 260 Å². The molecule has 5 rings (SSSR count). The van der Waals surface area contributed by atoms with Gasteiger partial charge in [-0.25, -0.2) is 0 Å². The van der Waals surface area contributed by atoms with Crippen molar-refractivity contribution < 1.29 is 38.2 Å². The first-order valence-corrected chi connectivity index (χ1v) is 14.4. The van der Waals surface area contributed by atoms with Crippen LogP contribution in [-0.2, 0) is 40.0 Å². The lowest BCUT2D eigenvalue weighted by Crippen LogP contribution is -2.55. The molecule has 45 heavy (non-hydrogen) atoms. The second-order valence-electron chi connectivity index (χ2n) is 10.8. The van der Waals surface area contributed by atoms with Crippen molar-refractivity contribution in [1.29, 1.82) is 0 Å². The molecular formula is C33H34N4O8. The smallest absolute Gasteiger partial charge is 0.310 e.